The van der Waals surface area contributed by atoms with Crippen LogP contribution in [0.15, 0.2) is 24.3 Å². The average molecular weight is 383 g/mol. The second-order valence-electron chi connectivity index (χ2n) is 6.95. The van der Waals surface area contributed by atoms with E-state index in [1.165, 1.54) is 31.2 Å². The van der Waals surface area contributed by atoms with Crippen molar-refractivity contribution < 1.29 is 27.9 Å². The van der Waals surface area contributed by atoms with Crippen molar-refractivity contribution in [3.8, 4) is 5.75 Å². The van der Waals surface area contributed by atoms with E-state index in [2.05, 4.69) is 15.4 Å². The molecule has 0 spiro atoms. The molecule has 2 N–H and O–H groups in total. The van der Waals surface area contributed by atoms with Crippen LogP contribution in [-0.2, 0) is 15.1 Å². The Morgan fingerprint density at radius 2 is 1.81 bits per heavy atom. The van der Waals surface area contributed by atoms with Crippen LogP contribution in [0.4, 0.5) is 13.6 Å². The number of benzene rings is 1. The summed E-state index contributed by atoms with van der Waals surface area (Å²) in [5.41, 5.74) is -1.01. The number of urea groups is 1. The first-order chi connectivity index (χ1) is 12.5. The third kappa shape index (κ3) is 4.53. The molecule has 0 aliphatic carbocycles. The van der Waals surface area contributed by atoms with E-state index in [-0.39, 0.29) is 17.7 Å². The fourth-order valence-corrected chi connectivity index (χ4v) is 2.62. The van der Waals surface area contributed by atoms with Gasteiger partial charge in [-0.3, -0.25) is 14.5 Å². The first-order valence-corrected chi connectivity index (χ1v) is 8.53. The Balaban J connectivity index is 2.12. The number of nitrogens with zero attached hydrogens (tertiary/aromatic N) is 1. The number of carbonyl (C=O) groups excluding carboxylic acids is 3. The summed E-state index contributed by atoms with van der Waals surface area (Å²) >= 11 is 0. The van der Waals surface area contributed by atoms with Gasteiger partial charge in [0.1, 0.15) is 17.8 Å². The fraction of sp³-hybridized carbons (Fsp3) is 0.500. The number of amides is 4. The molecule has 2 rings (SSSR count). The number of halogens is 2. The molecule has 1 aromatic carbocycles. The van der Waals surface area contributed by atoms with E-state index in [4.69, 9.17) is 0 Å². The Labute approximate surface area is 156 Å². The largest absolute Gasteiger partial charge is 0.435 e. The molecule has 1 heterocycles. The van der Waals surface area contributed by atoms with Gasteiger partial charge in [0.15, 0.2) is 0 Å². The number of hydrogen-bond acceptors (Lipinski definition) is 4. The highest BCUT2D eigenvalue weighted by atomic mass is 19.3. The van der Waals surface area contributed by atoms with E-state index < -0.39 is 36.5 Å². The Kier molecular flexibility index (Phi) is 6.02. The summed E-state index contributed by atoms with van der Waals surface area (Å²) in [4.78, 5) is 38.0. The number of hydrogen-bond donors (Lipinski definition) is 2. The van der Waals surface area contributed by atoms with E-state index in [1.54, 1.807) is 0 Å². The quantitative estimate of drug-likeness (QED) is 0.707. The van der Waals surface area contributed by atoms with Crippen LogP contribution in [0.3, 0.4) is 0 Å². The van der Waals surface area contributed by atoms with E-state index in [9.17, 15) is 23.2 Å². The zero-order chi connectivity index (χ0) is 20.4. The molecule has 1 fully saturated rings. The molecule has 1 aliphatic heterocycles. The monoisotopic (exact) mass is 383 g/mol. The maximum Gasteiger partial charge on any atom is 0.387 e. The lowest BCUT2D eigenvalue weighted by Gasteiger charge is -2.23. The SMILES string of the molecule is CC(C)C(C)NC(=O)CN1C(=O)NC(C)(c2ccc(OC(F)F)cc2)C1=O. The molecular weight excluding hydrogens is 360 g/mol. The van der Waals surface area contributed by atoms with Gasteiger partial charge in [-0.2, -0.15) is 8.78 Å². The molecule has 0 radical (unpaired) electrons. The van der Waals surface area contributed by atoms with Gasteiger partial charge in [-0.1, -0.05) is 26.0 Å². The molecule has 1 aliphatic rings. The van der Waals surface area contributed by atoms with Crippen molar-refractivity contribution in [3.63, 3.8) is 0 Å². The third-order valence-corrected chi connectivity index (χ3v) is 4.62. The number of carbonyl (C=O) groups is 3. The van der Waals surface area contributed by atoms with Gasteiger partial charge >= 0.3 is 12.6 Å². The van der Waals surface area contributed by atoms with Gasteiger partial charge in [0.05, 0.1) is 0 Å². The minimum Gasteiger partial charge on any atom is -0.435 e. The minimum absolute atomic E-state index is 0.0620. The predicted molar refractivity (Wildman–Crippen MR) is 93.1 cm³/mol. The van der Waals surface area contributed by atoms with Crippen molar-refractivity contribution in [1.82, 2.24) is 15.5 Å². The Bertz CT molecular complexity index is 724. The molecule has 0 bridgehead atoms. The van der Waals surface area contributed by atoms with Gasteiger partial charge in [-0.05, 0) is 37.5 Å². The van der Waals surface area contributed by atoms with Crippen molar-refractivity contribution in [2.75, 3.05) is 6.54 Å². The second-order valence-corrected chi connectivity index (χ2v) is 6.95. The molecule has 27 heavy (non-hydrogen) atoms. The van der Waals surface area contributed by atoms with E-state index in [0.29, 0.717) is 5.56 Å². The molecule has 0 saturated carbocycles. The molecule has 1 aromatic rings. The first kappa shape index (κ1) is 20.6. The van der Waals surface area contributed by atoms with Crippen LogP contribution in [0.25, 0.3) is 0 Å². The van der Waals surface area contributed by atoms with Crippen molar-refractivity contribution in [2.24, 2.45) is 5.92 Å². The summed E-state index contributed by atoms with van der Waals surface area (Å²) in [5.74, 6) is -0.892. The van der Waals surface area contributed by atoms with Crippen LogP contribution >= 0.6 is 0 Å². The zero-order valence-corrected chi connectivity index (χ0v) is 15.6. The predicted octanol–water partition coefficient (Wildman–Crippen LogP) is 2.22. The van der Waals surface area contributed by atoms with Crippen LogP contribution in [0.2, 0.25) is 0 Å². The van der Waals surface area contributed by atoms with Gasteiger partial charge < -0.3 is 15.4 Å². The molecular formula is C18H23F2N3O4. The van der Waals surface area contributed by atoms with Gasteiger partial charge in [0.25, 0.3) is 5.91 Å². The molecule has 0 aromatic heterocycles. The lowest BCUT2D eigenvalue weighted by molar-refractivity contribution is -0.135. The lowest BCUT2D eigenvalue weighted by atomic mass is 9.92. The van der Waals surface area contributed by atoms with Gasteiger partial charge in [-0.15, -0.1) is 0 Å². The third-order valence-electron chi connectivity index (χ3n) is 4.62. The first-order valence-electron chi connectivity index (χ1n) is 8.53. The Morgan fingerprint density at radius 3 is 2.33 bits per heavy atom. The summed E-state index contributed by atoms with van der Waals surface area (Å²) in [6.45, 7) is 3.85. The van der Waals surface area contributed by atoms with Crippen LogP contribution in [0.5, 0.6) is 5.75 Å². The minimum atomic E-state index is -2.96. The average Bonchev–Trinajstić information content (AvgIpc) is 2.79. The maximum absolute atomic E-state index is 12.8. The van der Waals surface area contributed by atoms with Crippen LogP contribution in [0.1, 0.15) is 33.3 Å². The van der Waals surface area contributed by atoms with Crippen molar-refractivity contribution in [3.05, 3.63) is 29.8 Å². The molecule has 2 atom stereocenters. The standard InChI is InChI=1S/C18H23F2N3O4/c1-10(2)11(3)21-14(24)9-23-15(25)18(4,22-17(23)26)12-5-7-13(8-6-12)27-16(19)20/h5-8,10-11,16H,9H2,1-4H3,(H,21,24)(H,22,26). The maximum atomic E-state index is 12.8. The highest BCUT2D eigenvalue weighted by Gasteiger charge is 2.49. The van der Waals surface area contributed by atoms with Gasteiger partial charge in [0.2, 0.25) is 5.91 Å². The number of alkyl halides is 2. The number of nitrogens with one attached hydrogen (secondary N) is 2. The van der Waals surface area contributed by atoms with E-state index in [1.807, 2.05) is 20.8 Å². The normalized spacial score (nSPS) is 20.8. The number of ether oxygens (including phenoxy) is 1. The summed E-state index contributed by atoms with van der Waals surface area (Å²) < 4.78 is 28.8. The lowest BCUT2D eigenvalue weighted by Crippen LogP contribution is -2.45. The summed E-state index contributed by atoms with van der Waals surface area (Å²) in [5, 5.41) is 5.30. The van der Waals surface area contributed by atoms with Crippen LogP contribution in [-0.4, -0.2) is 41.9 Å². The van der Waals surface area contributed by atoms with Gasteiger partial charge in [0, 0.05) is 6.04 Å². The van der Waals surface area contributed by atoms with Crippen LogP contribution < -0.4 is 15.4 Å². The zero-order valence-electron chi connectivity index (χ0n) is 15.6. The fourth-order valence-electron chi connectivity index (χ4n) is 2.62. The molecule has 1 saturated heterocycles. The summed E-state index contributed by atoms with van der Waals surface area (Å²) in [6, 6.07) is 4.60. The number of rotatable bonds is 7. The molecule has 148 valence electrons. The molecule has 4 amide bonds. The van der Waals surface area contributed by atoms with Crippen molar-refractivity contribution in [2.45, 2.75) is 45.9 Å². The van der Waals surface area contributed by atoms with E-state index in [0.717, 1.165) is 4.90 Å². The van der Waals surface area contributed by atoms with E-state index >= 15 is 0 Å². The smallest absolute Gasteiger partial charge is 0.387 e. The summed E-state index contributed by atoms with van der Waals surface area (Å²) in [6.07, 6.45) is 0. The topological polar surface area (TPSA) is 87.7 Å². The number of imide groups is 1. The van der Waals surface area contributed by atoms with Crippen molar-refractivity contribution >= 4 is 17.8 Å². The summed E-state index contributed by atoms with van der Waals surface area (Å²) in [7, 11) is 0. The van der Waals surface area contributed by atoms with Crippen LogP contribution in [0, 0.1) is 5.92 Å². The Morgan fingerprint density at radius 1 is 1.22 bits per heavy atom. The van der Waals surface area contributed by atoms with Gasteiger partial charge in [-0.25, -0.2) is 4.79 Å². The highest BCUT2D eigenvalue weighted by molar-refractivity contribution is 6.09. The second kappa shape index (κ2) is 7.89. The molecule has 9 heteroatoms. The molecule has 7 nitrogen and oxygen atoms in total. The Hall–Kier alpha value is -2.71. The highest BCUT2D eigenvalue weighted by Crippen LogP contribution is 2.30. The van der Waals surface area contributed by atoms with Crippen molar-refractivity contribution in [1.29, 1.82) is 0 Å². The molecule has 2 unspecified atom stereocenters.